The molecule has 0 bridgehead atoms. The fraction of sp³-hybridized carbons (Fsp3) is 0.474. The number of nitrogens with zero attached hydrogens (tertiary/aromatic N) is 4. The number of benzene rings is 1. The van der Waals surface area contributed by atoms with Gasteiger partial charge in [0.25, 0.3) is 0 Å². The molecule has 132 valence electrons. The number of hydrazone groups is 1. The second kappa shape index (κ2) is 7.97. The van der Waals surface area contributed by atoms with Gasteiger partial charge in [0.05, 0.1) is 30.0 Å². The molecule has 0 radical (unpaired) electrons. The van der Waals surface area contributed by atoms with Gasteiger partial charge < -0.3 is 9.64 Å². The molecule has 1 aromatic carbocycles. The fourth-order valence-electron chi connectivity index (χ4n) is 3.23. The summed E-state index contributed by atoms with van der Waals surface area (Å²) in [4.78, 5) is 8.40. The normalized spacial score (nSPS) is 18.9. The Morgan fingerprint density at radius 3 is 2.52 bits per heavy atom. The van der Waals surface area contributed by atoms with Gasteiger partial charge in [0.15, 0.2) is 5.13 Å². The van der Waals surface area contributed by atoms with Crippen LogP contribution in [0.1, 0.15) is 24.1 Å². The summed E-state index contributed by atoms with van der Waals surface area (Å²) in [6.07, 6.45) is 5.81. The van der Waals surface area contributed by atoms with Crippen LogP contribution in [0, 0.1) is 0 Å². The van der Waals surface area contributed by atoms with Crippen LogP contribution in [0.2, 0.25) is 0 Å². The van der Waals surface area contributed by atoms with Crippen LogP contribution in [0.5, 0.6) is 0 Å². The molecule has 0 unspecified atom stereocenters. The van der Waals surface area contributed by atoms with Gasteiger partial charge in [-0.2, -0.15) is 5.10 Å². The molecule has 6 heteroatoms. The molecule has 2 aliphatic heterocycles. The molecule has 2 aromatic rings. The molecule has 3 heterocycles. The van der Waals surface area contributed by atoms with E-state index in [9.17, 15) is 0 Å². The van der Waals surface area contributed by atoms with Crippen LogP contribution in [-0.4, -0.2) is 55.6 Å². The molecular weight excluding hydrogens is 332 g/mol. The monoisotopic (exact) mass is 356 g/mol. The third kappa shape index (κ3) is 4.02. The maximum absolute atomic E-state index is 5.47. The molecule has 2 aliphatic rings. The first-order valence-electron chi connectivity index (χ1n) is 9.08. The summed E-state index contributed by atoms with van der Waals surface area (Å²) in [7, 11) is 0. The van der Waals surface area contributed by atoms with Crippen molar-refractivity contribution >= 4 is 22.7 Å². The molecule has 0 saturated carbocycles. The van der Waals surface area contributed by atoms with E-state index in [1.54, 1.807) is 11.3 Å². The highest BCUT2D eigenvalue weighted by Gasteiger charge is 2.19. The van der Waals surface area contributed by atoms with E-state index in [4.69, 9.17) is 14.8 Å². The van der Waals surface area contributed by atoms with Gasteiger partial charge in [-0.1, -0.05) is 41.7 Å². The van der Waals surface area contributed by atoms with Crippen LogP contribution in [0.15, 0.2) is 35.4 Å². The Bertz CT molecular complexity index is 703. The lowest BCUT2D eigenvalue weighted by Gasteiger charge is -2.26. The highest BCUT2D eigenvalue weighted by atomic mass is 32.1. The molecule has 0 N–H and O–H groups in total. The molecule has 5 nitrogen and oxygen atoms in total. The van der Waals surface area contributed by atoms with E-state index in [1.165, 1.54) is 19.3 Å². The SMILES string of the molecule is C(=N/N1CCCCC1)/c1sc(N2CCOCC2)nc1-c1ccccc1. The van der Waals surface area contributed by atoms with Crippen molar-refractivity contribution in [2.75, 3.05) is 44.3 Å². The van der Waals surface area contributed by atoms with Crippen molar-refractivity contribution in [3.63, 3.8) is 0 Å². The number of piperidine rings is 1. The summed E-state index contributed by atoms with van der Waals surface area (Å²) in [5, 5.41) is 7.99. The van der Waals surface area contributed by atoms with Gasteiger partial charge in [0.2, 0.25) is 0 Å². The van der Waals surface area contributed by atoms with Crippen LogP contribution in [0.25, 0.3) is 11.3 Å². The van der Waals surface area contributed by atoms with Crippen LogP contribution in [0.4, 0.5) is 5.13 Å². The van der Waals surface area contributed by atoms with Gasteiger partial charge in [0.1, 0.15) is 0 Å². The average Bonchev–Trinajstić information content (AvgIpc) is 3.13. The third-order valence-corrected chi connectivity index (χ3v) is 5.69. The molecule has 2 fully saturated rings. The van der Waals surface area contributed by atoms with E-state index in [0.717, 1.165) is 60.7 Å². The van der Waals surface area contributed by atoms with Crippen molar-refractivity contribution in [2.24, 2.45) is 5.10 Å². The first-order valence-corrected chi connectivity index (χ1v) is 9.90. The second-order valence-corrected chi connectivity index (χ2v) is 7.44. The topological polar surface area (TPSA) is 41.0 Å². The molecule has 25 heavy (non-hydrogen) atoms. The Kier molecular flexibility index (Phi) is 5.28. The number of thiazole rings is 1. The standard InChI is InChI=1S/C19H24N4OS/c1-3-7-16(8-4-1)18-17(15-20-23-9-5-2-6-10-23)25-19(21-18)22-11-13-24-14-12-22/h1,3-4,7-8,15H,2,5-6,9-14H2/b20-15-. The molecule has 1 aromatic heterocycles. The first kappa shape index (κ1) is 16.5. The molecule has 0 aliphatic carbocycles. The van der Waals surface area contributed by atoms with Gasteiger partial charge in [-0.25, -0.2) is 4.98 Å². The van der Waals surface area contributed by atoms with Gasteiger partial charge in [0, 0.05) is 31.7 Å². The van der Waals surface area contributed by atoms with E-state index in [1.807, 2.05) is 12.3 Å². The molecular formula is C19H24N4OS. The van der Waals surface area contributed by atoms with Crippen molar-refractivity contribution in [2.45, 2.75) is 19.3 Å². The smallest absolute Gasteiger partial charge is 0.186 e. The van der Waals surface area contributed by atoms with E-state index in [2.05, 4.69) is 34.2 Å². The maximum atomic E-state index is 5.47. The summed E-state index contributed by atoms with van der Waals surface area (Å²) < 4.78 is 5.47. The minimum atomic E-state index is 0.775. The number of hydrogen-bond acceptors (Lipinski definition) is 6. The van der Waals surface area contributed by atoms with Crippen molar-refractivity contribution < 1.29 is 4.74 Å². The Morgan fingerprint density at radius 1 is 1.00 bits per heavy atom. The third-order valence-electron chi connectivity index (χ3n) is 4.64. The van der Waals surface area contributed by atoms with Crippen LogP contribution in [0.3, 0.4) is 0 Å². The van der Waals surface area contributed by atoms with Gasteiger partial charge in [-0.15, -0.1) is 0 Å². The maximum Gasteiger partial charge on any atom is 0.186 e. The molecule has 2 saturated heterocycles. The van der Waals surface area contributed by atoms with Crippen molar-refractivity contribution in [3.05, 3.63) is 35.2 Å². The highest BCUT2D eigenvalue weighted by molar-refractivity contribution is 7.17. The largest absolute Gasteiger partial charge is 0.378 e. The Labute approximate surface area is 152 Å². The number of rotatable bonds is 4. The molecule has 4 rings (SSSR count). The van der Waals surface area contributed by atoms with Gasteiger partial charge in [-0.05, 0) is 19.3 Å². The van der Waals surface area contributed by atoms with Crippen LogP contribution in [-0.2, 0) is 4.74 Å². The number of ether oxygens (including phenoxy) is 1. The summed E-state index contributed by atoms with van der Waals surface area (Å²) in [6.45, 7) is 5.49. The Balaban J connectivity index is 1.62. The summed E-state index contributed by atoms with van der Waals surface area (Å²) in [6, 6.07) is 10.4. The van der Waals surface area contributed by atoms with Crippen LogP contribution >= 0.6 is 11.3 Å². The lowest BCUT2D eigenvalue weighted by atomic mass is 10.1. The lowest BCUT2D eigenvalue weighted by Crippen LogP contribution is -2.36. The van der Waals surface area contributed by atoms with Gasteiger partial charge in [-0.3, -0.25) is 5.01 Å². The zero-order valence-corrected chi connectivity index (χ0v) is 15.2. The summed E-state index contributed by atoms with van der Waals surface area (Å²) in [5.74, 6) is 0. The quantitative estimate of drug-likeness (QED) is 0.787. The minimum Gasteiger partial charge on any atom is -0.378 e. The first-order chi connectivity index (χ1) is 12.4. The van der Waals surface area contributed by atoms with E-state index >= 15 is 0 Å². The van der Waals surface area contributed by atoms with E-state index < -0.39 is 0 Å². The van der Waals surface area contributed by atoms with Crippen molar-refractivity contribution in [1.82, 2.24) is 9.99 Å². The number of hydrogen-bond donors (Lipinski definition) is 0. The average molecular weight is 356 g/mol. The van der Waals surface area contributed by atoms with Crippen molar-refractivity contribution in [3.8, 4) is 11.3 Å². The predicted octanol–water partition coefficient (Wildman–Crippen LogP) is 3.47. The lowest BCUT2D eigenvalue weighted by molar-refractivity contribution is 0.122. The van der Waals surface area contributed by atoms with E-state index in [0.29, 0.717) is 0 Å². The second-order valence-electron chi connectivity index (χ2n) is 6.43. The molecule has 0 atom stereocenters. The summed E-state index contributed by atoms with van der Waals surface area (Å²) in [5.41, 5.74) is 2.19. The van der Waals surface area contributed by atoms with Gasteiger partial charge >= 0.3 is 0 Å². The zero-order chi connectivity index (χ0) is 16.9. The predicted molar refractivity (Wildman–Crippen MR) is 104 cm³/mol. The number of anilines is 1. The summed E-state index contributed by atoms with van der Waals surface area (Å²) >= 11 is 1.73. The number of aromatic nitrogens is 1. The number of morpholine rings is 1. The highest BCUT2D eigenvalue weighted by Crippen LogP contribution is 2.32. The Hall–Kier alpha value is -1.92. The molecule has 0 spiro atoms. The van der Waals surface area contributed by atoms with Crippen LogP contribution < -0.4 is 4.90 Å². The van der Waals surface area contributed by atoms with Crippen molar-refractivity contribution in [1.29, 1.82) is 0 Å². The zero-order valence-electron chi connectivity index (χ0n) is 14.4. The fourth-order valence-corrected chi connectivity index (χ4v) is 4.23. The Morgan fingerprint density at radius 2 is 1.76 bits per heavy atom. The van der Waals surface area contributed by atoms with E-state index in [-0.39, 0.29) is 0 Å². The molecule has 0 amide bonds. The minimum absolute atomic E-state index is 0.775.